The molecule has 2 unspecified atom stereocenters. The predicted octanol–water partition coefficient (Wildman–Crippen LogP) is 5.71. The van der Waals surface area contributed by atoms with Crippen molar-refractivity contribution in [3.63, 3.8) is 0 Å². The summed E-state index contributed by atoms with van der Waals surface area (Å²) in [5.41, 5.74) is 1.27. The first kappa shape index (κ1) is 29.9. The molecule has 3 aromatic rings. The summed E-state index contributed by atoms with van der Waals surface area (Å²) < 4.78 is 69.1. The van der Waals surface area contributed by atoms with Crippen molar-refractivity contribution in [3.8, 4) is 0 Å². The van der Waals surface area contributed by atoms with Gasteiger partial charge in [-0.25, -0.2) is 18.7 Å². The topological polar surface area (TPSA) is 106 Å². The number of alkyl halides is 5. The fourth-order valence-electron chi connectivity index (χ4n) is 5.54. The van der Waals surface area contributed by atoms with E-state index >= 15 is 0 Å². The molecule has 2 fully saturated rings. The Morgan fingerprint density at radius 1 is 1.00 bits per heavy atom. The van der Waals surface area contributed by atoms with Gasteiger partial charge >= 0.3 is 6.18 Å². The highest BCUT2D eigenvalue weighted by Crippen LogP contribution is 2.42. The number of hydrogen-bond donors (Lipinski definition) is 2. The molecule has 228 valence electrons. The number of carbonyl (C=O) groups is 2. The van der Waals surface area contributed by atoms with Gasteiger partial charge in [0.25, 0.3) is 5.91 Å². The molecule has 2 atom stereocenters. The number of halogens is 5. The van der Waals surface area contributed by atoms with Crippen molar-refractivity contribution in [2.45, 2.75) is 95.4 Å². The summed E-state index contributed by atoms with van der Waals surface area (Å²) >= 11 is 0. The van der Waals surface area contributed by atoms with E-state index in [-0.39, 0.29) is 49.3 Å². The van der Waals surface area contributed by atoms with Crippen LogP contribution in [-0.4, -0.2) is 48.1 Å². The number of rotatable bonds is 10. The summed E-state index contributed by atoms with van der Waals surface area (Å²) in [5, 5.41) is 9.93. The van der Waals surface area contributed by atoms with Gasteiger partial charge in [0.2, 0.25) is 17.6 Å². The van der Waals surface area contributed by atoms with E-state index < -0.39 is 48.8 Å². The van der Waals surface area contributed by atoms with E-state index in [1.807, 2.05) is 13.8 Å². The lowest BCUT2D eigenvalue weighted by Crippen LogP contribution is -2.38. The van der Waals surface area contributed by atoms with Gasteiger partial charge in [0.05, 0.1) is 29.9 Å². The SMILES string of the molecule is CC(C)n1nccc1C(=O)NC(c1cn2ccc(C(NC(=O)CCC(F)(F)F)C3CC3)nc2n1)C1CCC(F)(F)CC1. The Labute approximate surface area is 239 Å². The highest BCUT2D eigenvalue weighted by molar-refractivity contribution is 5.92. The van der Waals surface area contributed by atoms with Crippen LogP contribution in [0.5, 0.6) is 0 Å². The van der Waals surface area contributed by atoms with Crippen LogP contribution in [0.4, 0.5) is 22.0 Å². The van der Waals surface area contributed by atoms with Crippen molar-refractivity contribution < 1.29 is 31.5 Å². The number of nitrogens with zero attached hydrogens (tertiary/aromatic N) is 5. The van der Waals surface area contributed by atoms with Crippen LogP contribution in [0.1, 0.15) is 105 Å². The van der Waals surface area contributed by atoms with Gasteiger partial charge in [0, 0.05) is 43.9 Å². The molecule has 0 bridgehead atoms. The molecule has 2 N–H and O–H groups in total. The van der Waals surface area contributed by atoms with E-state index in [0.717, 1.165) is 12.8 Å². The number of fused-ring (bicyclic) bond motifs is 1. The molecule has 2 aliphatic rings. The molecular weight excluding hydrogens is 561 g/mol. The number of imidazole rings is 1. The number of amides is 2. The third-order valence-corrected chi connectivity index (χ3v) is 7.96. The van der Waals surface area contributed by atoms with Gasteiger partial charge < -0.3 is 10.6 Å². The number of hydrogen-bond acceptors (Lipinski definition) is 5. The van der Waals surface area contributed by atoms with Gasteiger partial charge in [-0.15, -0.1) is 0 Å². The minimum absolute atomic E-state index is 0.0611. The molecule has 9 nitrogen and oxygen atoms in total. The van der Waals surface area contributed by atoms with Crippen molar-refractivity contribution in [3.05, 3.63) is 47.8 Å². The van der Waals surface area contributed by atoms with Crippen LogP contribution in [0.15, 0.2) is 30.7 Å². The van der Waals surface area contributed by atoms with E-state index in [1.54, 1.807) is 33.6 Å². The normalized spacial score (nSPS) is 19.1. The second-order valence-corrected chi connectivity index (χ2v) is 11.6. The van der Waals surface area contributed by atoms with Crippen LogP contribution in [-0.2, 0) is 4.79 Å². The second kappa shape index (κ2) is 11.6. The van der Waals surface area contributed by atoms with Crippen molar-refractivity contribution >= 4 is 17.6 Å². The monoisotopic (exact) mass is 595 g/mol. The first-order valence-corrected chi connectivity index (χ1v) is 14.2. The third kappa shape index (κ3) is 7.06. The zero-order chi connectivity index (χ0) is 30.2. The highest BCUT2D eigenvalue weighted by Gasteiger charge is 2.40. The van der Waals surface area contributed by atoms with Crippen molar-refractivity contribution in [2.75, 3.05) is 0 Å². The molecule has 5 rings (SSSR count). The molecule has 0 spiro atoms. The lowest BCUT2D eigenvalue weighted by Gasteiger charge is -2.33. The van der Waals surface area contributed by atoms with E-state index in [1.165, 1.54) is 6.20 Å². The Kier molecular flexibility index (Phi) is 8.26. The van der Waals surface area contributed by atoms with Gasteiger partial charge in [-0.2, -0.15) is 18.3 Å². The second-order valence-electron chi connectivity index (χ2n) is 11.6. The van der Waals surface area contributed by atoms with Crippen LogP contribution < -0.4 is 10.6 Å². The molecule has 0 saturated heterocycles. The molecule has 3 aromatic heterocycles. The zero-order valence-electron chi connectivity index (χ0n) is 23.4. The van der Waals surface area contributed by atoms with E-state index in [2.05, 4.69) is 25.7 Å². The molecule has 2 saturated carbocycles. The zero-order valence-corrected chi connectivity index (χ0v) is 23.4. The lowest BCUT2D eigenvalue weighted by atomic mass is 9.81. The molecule has 0 radical (unpaired) electrons. The van der Waals surface area contributed by atoms with Crippen LogP contribution >= 0.6 is 0 Å². The van der Waals surface area contributed by atoms with Gasteiger partial charge in [0.1, 0.15) is 5.69 Å². The molecule has 2 aliphatic carbocycles. The number of aromatic nitrogens is 5. The largest absolute Gasteiger partial charge is 0.389 e. The number of carbonyl (C=O) groups excluding carboxylic acids is 2. The summed E-state index contributed by atoms with van der Waals surface area (Å²) in [6.45, 7) is 3.78. The smallest absolute Gasteiger partial charge is 0.347 e. The van der Waals surface area contributed by atoms with Crippen LogP contribution in [0.3, 0.4) is 0 Å². The van der Waals surface area contributed by atoms with E-state index in [0.29, 0.717) is 17.1 Å². The Bertz CT molecular complexity index is 1420. The van der Waals surface area contributed by atoms with Gasteiger partial charge in [-0.1, -0.05) is 0 Å². The minimum atomic E-state index is -4.43. The third-order valence-electron chi connectivity index (χ3n) is 7.96. The maximum absolute atomic E-state index is 14.0. The molecule has 14 heteroatoms. The Balaban J connectivity index is 1.40. The Morgan fingerprint density at radius 2 is 1.64 bits per heavy atom. The fourth-order valence-corrected chi connectivity index (χ4v) is 5.54. The maximum Gasteiger partial charge on any atom is 0.389 e. The molecular formula is C28H34F5N7O2. The highest BCUT2D eigenvalue weighted by atomic mass is 19.4. The molecule has 0 aliphatic heterocycles. The lowest BCUT2D eigenvalue weighted by molar-refractivity contribution is -0.144. The first-order chi connectivity index (χ1) is 19.8. The van der Waals surface area contributed by atoms with Crippen LogP contribution in [0.25, 0.3) is 5.78 Å². The summed E-state index contributed by atoms with van der Waals surface area (Å²) in [4.78, 5) is 34.9. The first-order valence-electron chi connectivity index (χ1n) is 14.2. The van der Waals surface area contributed by atoms with Gasteiger partial charge in [-0.05, 0) is 63.5 Å². The molecule has 42 heavy (non-hydrogen) atoms. The summed E-state index contributed by atoms with van der Waals surface area (Å²) in [5.74, 6) is -3.81. The summed E-state index contributed by atoms with van der Waals surface area (Å²) in [6.07, 6.45) is 0.0402. The Hall–Kier alpha value is -3.58. The standard InChI is InChI=1S/C28H34F5N7O2/c1-16(2)40-21(8-13-34-40)25(42)38-24(18-5-10-27(29,30)11-6-18)20-15-39-14-9-19(35-26(39)36-20)23(17-3-4-17)37-22(41)7-12-28(31,32)33/h8-9,13-18,23-24H,3-7,10-12H2,1-2H3,(H,37,41)(H,38,42). The summed E-state index contributed by atoms with van der Waals surface area (Å²) in [6, 6.07) is 1.99. The van der Waals surface area contributed by atoms with Crippen LogP contribution in [0.2, 0.25) is 0 Å². The van der Waals surface area contributed by atoms with Crippen molar-refractivity contribution in [2.24, 2.45) is 11.8 Å². The van der Waals surface area contributed by atoms with Crippen molar-refractivity contribution in [1.29, 1.82) is 0 Å². The van der Waals surface area contributed by atoms with Crippen molar-refractivity contribution in [1.82, 2.24) is 34.8 Å². The minimum Gasteiger partial charge on any atom is -0.347 e. The maximum atomic E-state index is 14.0. The fraction of sp³-hybridized carbons (Fsp3) is 0.607. The molecule has 0 aromatic carbocycles. The van der Waals surface area contributed by atoms with Crippen LogP contribution in [0, 0.1) is 11.8 Å². The Morgan fingerprint density at radius 3 is 2.29 bits per heavy atom. The summed E-state index contributed by atoms with van der Waals surface area (Å²) in [7, 11) is 0. The quantitative estimate of drug-likeness (QED) is 0.292. The molecule has 3 heterocycles. The van der Waals surface area contributed by atoms with Gasteiger partial charge in [0.15, 0.2) is 0 Å². The number of nitrogens with one attached hydrogen (secondary N) is 2. The van der Waals surface area contributed by atoms with E-state index in [9.17, 15) is 31.5 Å². The average molecular weight is 596 g/mol. The van der Waals surface area contributed by atoms with Gasteiger partial charge in [-0.3, -0.25) is 18.7 Å². The molecule has 2 amide bonds. The predicted molar refractivity (Wildman–Crippen MR) is 142 cm³/mol. The average Bonchev–Trinajstić information content (AvgIpc) is 3.47. The van der Waals surface area contributed by atoms with E-state index in [4.69, 9.17) is 0 Å².